The van der Waals surface area contributed by atoms with E-state index < -0.39 is 10.2 Å². The molecule has 0 amide bonds. The third-order valence-corrected chi connectivity index (χ3v) is 3.66. The van der Waals surface area contributed by atoms with Crippen molar-refractivity contribution < 1.29 is 4.74 Å². The van der Waals surface area contributed by atoms with Crippen molar-refractivity contribution in [2.24, 2.45) is 0 Å². The third kappa shape index (κ3) is 2.15. The van der Waals surface area contributed by atoms with Gasteiger partial charge in [-0.3, -0.25) is 4.31 Å². The predicted octanol–water partition coefficient (Wildman–Crippen LogP) is 0.928. The van der Waals surface area contributed by atoms with Crippen LogP contribution in [0.15, 0.2) is 0 Å². The quantitative estimate of drug-likeness (QED) is 0.570. The first-order valence-electron chi connectivity index (χ1n) is 3.62. The molecule has 0 aromatic heterocycles. The molecule has 0 atom stereocenters. The Morgan fingerprint density at radius 2 is 1.60 bits per heavy atom. The van der Waals surface area contributed by atoms with Crippen LogP contribution < -0.4 is 0 Å². The number of nitrogens with zero attached hydrogens (tertiary/aromatic N) is 1. The lowest BCUT2D eigenvalue weighted by atomic mass is 10.5. The minimum absolute atomic E-state index is 0.473. The zero-order valence-corrected chi connectivity index (χ0v) is 7.91. The molecule has 2 nitrogen and oxygen atoms in total. The van der Waals surface area contributed by atoms with Crippen LogP contribution in [0.1, 0.15) is 0 Å². The van der Waals surface area contributed by atoms with Crippen molar-refractivity contribution in [1.29, 1.82) is 0 Å². The van der Waals surface area contributed by atoms with Crippen molar-refractivity contribution in [3.05, 3.63) is 0 Å². The van der Waals surface area contributed by atoms with Crippen LogP contribution in [0.5, 0.6) is 0 Å². The van der Waals surface area contributed by atoms with Gasteiger partial charge >= 0.3 is 0 Å². The Morgan fingerprint density at radius 3 is 1.90 bits per heavy atom. The van der Waals surface area contributed by atoms with E-state index in [9.17, 15) is 0 Å². The van der Waals surface area contributed by atoms with Crippen LogP contribution in [0.4, 0.5) is 0 Å². The molecule has 1 aliphatic rings. The minimum Gasteiger partial charge on any atom is -0.379 e. The van der Waals surface area contributed by atoms with Gasteiger partial charge in [0.25, 0.3) is 0 Å². The summed E-state index contributed by atoms with van der Waals surface area (Å²) in [6.45, 7) is 4.09. The Hall–Kier alpha value is 0.270. The molecule has 0 spiro atoms. The standard InChI is InChI=1S/C7H17NOS/c1-10(2,3)8-4-6-9-7-5-8/h4-7H2,1-3H3. The van der Waals surface area contributed by atoms with Gasteiger partial charge in [0.2, 0.25) is 0 Å². The topological polar surface area (TPSA) is 12.5 Å². The average molecular weight is 163 g/mol. The van der Waals surface area contributed by atoms with Gasteiger partial charge in [-0.2, -0.15) is 10.2 Å². The zero-order chi connectivity index (χ0) is 7.61. The Morgan fingerprint density at radius 1 is 1.10 bits per heavy atom. The number of ether oxygens (including phenoxy) is 1. The second kappa shape index (κ2) is 3.11. The van der Waals surface area contributed by atoms with Gasteiger partial charge < -0.3 is 4.74 Å². The molecule has 0 saturated carbocycles. The van der Waals surface area contributed by atoms with Crippen LogP contribution in [-0.4, -0.2) is 49.4 Å². The van der Waals surface area contributed by atoms with Crippen molar-refractivity contribution in [1.82, 2.24) is 4.31 Å². The number of rotatable bonds is 1. The summed E-state index contributed by atoms with van der Waals surface area (Å²) in [6, 6.07) is 0. The largest absolute Gasteiger partial charge is 0.379 e. The summed E-state index contributed by atoms with van der Waals surface area (Å²) < 4.78 is 7.80. The SMILES string of the molecule is CS(C)(C)N1CCOCC1. The average Bonchev–Trinajstić information content (AvgIpc) is 1.88. The highest BCUT2D eigenvalue weighted by molar-refractivity contribution is 8.30. The fourth-order valence-corrected chi connectivity index (χ4v) is 2.34. The maximum absolute atomic E-state index is 5.27. The van der Waals surface area contributed by atoms with E-state index in [0.717, 1.165) is 26.3 Å². The maximum Gasteiger partial charge on any atom is 0.0602 e. The summed E-state index contributed by atoms with van der Waals surface area (Å²) in [7, 11) is -0.473. The molecule has 0 radical (unpaired) electrons. The van der Waals surface area contributed by atoms with Gasteiger partial charge in [-0.15, -0.1) is 0 Å². The van der Waals surface area contributed by atoms with Gasteiger partial charge in [0.1, 0.15) is 0 Å². The summed E-state index contributed by atoms with van der Waals surface area (Å²) in [5.74, 6) is 0. The van der Waals surface area contributed by atoms with Crippen molar-refractivity contribution in [2.75, 3.05) is 45.1 Å². The maximum atomic E-state index is 5.27. The minimum atomic E-state index is -0.473. The molecule has 0 aromatic carbocycles. The van der Waals surface area contributed by atoms with Crippen LogP contribution in [0.2, 0.25) is 0 Å². The number of morpholine rings is 1. The van der Waals surface area contributed by atoms with E-state index in [1.54, 1.807) is 0 Å². The van der Waals surface area contributed by atoms with Crippen LogP contribution in [0.3, 0.4) is 0 Å². The van der Waals surface area contributed by atoms with Crippen LogP contribution in [0, 0.1) is 0 Å². The molecular formula is C7H17NOS. The summed E-state index contributed by atoms with van der Waals surface area (Å²) >= 11 is 0. The highest BCUT2D eigenvalue weighted by atomic mass is 32.3. The molecular weight excluding hydrogens is 146 g/mol. The molecule has 1 heterocycles. The van der Waals surface area contributed by atoms with Gasteiger partial charge in [0, 0.05) is 13.1 Å². The molecule has 1 fully saturated rings. The van der Waals surface area contributed by atoms with Gasteiger partial charge in [-0.25, -0.2) is 0 Å². The van der Waals surface area contributed by atoms with Crippen LogP contribution in [-0.2, 0) is 4.74 Å². The molecule has 0 bridgehead atoms. The van der Waals surface area contributed by atoms with E-state index in [4.69, 9.17) is 4.74 Å². The molecule has 1 saturated heterocycles. The summed E-state index contributed by atoms with van der Waals surface area (Å²) in [5, 5.41) is 0. The third-order valence-electron chi connectivity index (χ3n) is 1.74. The molecule has 1 rings (SSSR count). The first kappa shape index (κ1) is 8.37. The lowest BCUT2D eigenvalue weighted by Crippen LogP contribution is -2.37. The van der Waals surface area contributed by atoms with E-state index in [0.29, 0.717) is 0 Å². The second-order valence-corrected chi connectivity index (χ2v) is 7.38. The second-order valence-electron chi connectivity index (χ2n) is 3.31. The van der Waals surface area contributed by atoms with E-state index in [-0.39, 0.29) is 0 Å². The van der Waals surface area contributed by atoms with Crippen molar-refractivity contribution in [3.63, 3.8) is 0 Å². The van der Waals surface area contributed by atoms with Gasteiger partial charge in [-0.1, -0.05) is 0 Å². The fourth-order valence-electron chi connectivity index (χ4n) is 1.09. The summed E-state index contributed by atoms with van der Waals surface area (Å²) in [6.07, 6.45) is 6.99. The lowest BCUT2D eigenvalue weighted by Gasteiger charge is -2.42. The van der Waals surface area contributed by atoms with Crippen molar-refractivity contribution in [2.45, 2.75) is 0 Å². The van der Waals surface area contributed by atoms with Crippen molar-refractivity contribution in [3.8, 4) is 0 Å². The normalized spacial score (nSPS) is 24.7. The monoisotopic (exact) mass is 163 g/mol. The smallest absolute Gasteiger partial charge is 0.0602 e. The van der Waals surface area contributed by atoms with E-state index in [1.807, 2.05) is 0 Å². The summed E-state index contributed by atoms with van der Waals surface area (Å²) in [5.41, 5.74) is 0. The molecule has 62 valence electrons. The zero-order valence-electron chi connectivity index (χ0n) is 7.09. The number of hydrogen-bond donors (Lipinski definition) is 0. The van der Waals surface area contributed by atoms with E-state index in [1.165, 1.54) is 0 Å². The molecule has 0 aliphatic carbocycles. The molecule has 0 aromatic rings. The van der Waals surface area contributed by atoms with Gasteiger partial charge in [0.15, 0.2) is 0 Å². The Kier molecular flexibility index (Phi) is 2.61. The van der Waals surface area contributed by atoms with E-state index in [2.05, 4.69) is 23.1 Å². The van der Waals surface area contributed by atoms with E-state index >= 15 is 0 Å². The Balaban J connectivity index is 2.39. The summed E-state index contributed by atoms with van der Waals surface area (Å²) in [4.78, 5) is 0. The lowest BCUT2D eigenvalue weighted by molar-refractivity contribution is 0.0759. The molecule has 0 unspecified atom stereocenters. The number of hydrogen-bond acceptors (Lipinski definition) is 2. The fraction of sp³-hybridized carbons (Fsp3) is 1.00. The van der Waals surface area contributed by atoms with Gasteiger partial charge in [0.05, 0.1) is 13.2 Å². The van der Waals surface area contributed by atoms with Crippen molar-refractivity contribution >= 4 is 10.2 Å². The first-order valence-corrected chi connectivity index (χ1v) is 6.43. The Bertz CT molecular complexity index is 105. The van der Waals surface area contributed by atoms with Crippen LogP contribution in [0.25, 0.3) is 0 Å². The predicted molar refractivity (Wildman–Crippen MR) is 47.8 cm³/mol. The molecule has 1 aliphatic heterocycles. The molecule has 0 N–H and O–H groups in total. The Labute approximate surface area is 65.0 Å². The molecule has 3 heteroatoms. The highest BCUT2D eigenvalue weighted by Gasteiger charge is 2.18. The molecule has 10 heavy (non-hydrogen) atoms. The highest BCUT2D eigenvalue weighted by Crippen LogP contribution is 2.39. The van der Waals surface area contributed by atoms with Crippen LogP contribution >= 0.6 is 10.2 Å². The first-order chi connectivity index (χ1) is 4.61. The van der Waals surface area contributed by atoms with Gasteiger partial charge in [-0.05, 0) is 18.8 Å².